The smallest absolute Gasteiger partial charge is 0.224 e. The topological polar surface area (TPSA) is 81.2 Å². The van der Waals surface area contributed by atoms with Crippen molar-refractivity contribution in [3.05, 3.63) is 48.7 Å². The fraction of sp³-hybridized carbons (Fsp3) is 0.360. The monoisotopic (exact) mass is 430 g/mol. The van der Waals surface area contributed by atoms with Crippen LogP contribution in [0.2, 0.25) is 0 Å². The van der Waals surface area contributed by atoms with Gasteiger partial charge in [0.2, 0.25) is 5.95 Å². The van der Waals surface area contributed by atoms with Crippen molar-refractivity contribution < 1.29 is 4.74 Å². The van der Waals surface area contributed by atoms with Crippen molar-refractivity contribution in [2.75, 3.05) is 50.4 Å². The first-order valence-electron chi connectivity index (χ1n) is 11.4. The third-order valence-corrected chi connectivity index (χ3v) is 6.26. The number of para-hydroxylation sites is 1. The van der Waals surface area contributed by atoms with E-state index in [0.717, 1.165) is 63.5 Å². The maximum atomic E-state index is 6.34. The van der Waals surface area contributed by atoms with Crippen LogP contribution < -0.4 is 11.1 Å². The third-order valence-electron chi connectivity index (χ3n) is 6.26. The van der Waals surface area contributed by atoms with Crippen molar-refractivity contribution in [1.29, 1.82) is 0 Å². The maximum Gasteiger partial charge on any atom is 0.224 e. The second kappa shape index (κ2) is 9.14. The Morgan fingerprint density at radius 1 is 1.06 bits per heavy atom. The summed E-state index contributed by atoms with van der Waals surface area (Å²) in [5.74, 6) is 1.08. The molecule has 166 valence electrons. The van der Waals surface area contributed by atoms with E-state index in [0.29, 0.717) is 11.8 Å². The van der Waals surface area contributed by atoms with Crippen LogP contribution in [-0.4, -0.2) is 58.8 Å². The molecule has 1 aliphatic heterocycles. The van der Waals surface area contributed by atoms with Gasteiger partial charge in [0.15, 0.2) is 0 Å². The summed E-state index contributed by atoms with van der Waals surface area (Å²) < 4.78 is 7.74. The van der Waals surface area contributed by atoms with Crippen LogP contribution in [0.25, 0.3) is 32.9 Å². The summed E-state index contributed by atoms with van der Waals surface area (Å²) in [4.78, 5) is 11.5. The highest BCUT2D eigenvalue weighted by Gasteiger charge is 2.13. The summed E-state index contributed by atoms with van der Waals surface area (Å²) in [5.41, 5.74) is 10.7. The number of nitrogen functional groups attached to an aromatic ring is 1. The molecule has 0 radical (unpaired) electrons. The van der Waals surface area contributed by atoms with Crippen LogP contribution in [0.15, 0.2) is 48.7 Å². The number of hydrogen-bond donors (Lipinski definition) is 2. The third kappa shape index (κ3) is 4.01. The molecule has 4 aromatic rings. The summed E-state index contributed by atoms with van der Waals surface area (Å²) in [7, 11) is 0. The van der Waals surface area contributed by atoms with E-state index in [-0.39, 0.29) is 0 Å². The molecule has 1 aliphatic rings. The zero-order valence-electron chi connectivity index (χ0n) is 18.6. The molecule has 0 unspecified atom stereocenters. The number of morpholine rings is 1. The number of hydrogen-bond acceptors (Lipinski definition) is 6. The van der Waals surface area contributed by atoms with Crippen molar-refractivity contribution in [3.8, 4) is 11.1 Å². The number of aromatic nitrogens is 3. The van der Waals surface area contributed by atoms with Gasteiger partial charge in [0, 0.05) is 59.7 Å². The molecule has 2 aromatic carbocycles. The van der Waals surface area contributed by atoms with Gasteiger partial charge in [-0.2, -0.15) is 4.98 Å². The molecule has 0 amide bonds. The minimum atomic E-state index is 0.495. The van der Waals surface area contributed by atoms with Crippen LogP contribution in [0, 0.1) is 0 Å². The van der Waals surface area contributed by atoms with E-state index in [9.17, 15) is 0 Å². The Bertz CT molecular complexity index is 1230. The van der Waals surface area contributed by atoms with Gasteiger partial charge in [-0.15, -0.1) is 0 Å². The first-order valence-corrected chi connectivity index (χ1v) is 11.4. The van der Waals surface area contributed by atoms with E-state index >= 15 is 0 Å². The minimum Gasteiger partial charge on any atom is -0.383 e. The number of rotatable bonds is 7. The number of aryl methyl sites for hydroxylation is 1. The first kappa shape index (κ1) is 20.7. The van der Waals surface area contributed by atoms with E-state index in [2.05, 4.69) is 74.1 Å². The molecule has 32 heavy (non-hydrogen) atoms. The minimum absolute atomic E-state index is 0.495. The average Bonchev–Trinajstić information content (AvgIpc) is 3.15. The molecule has 1 saturated heterocycles. The quantitative estimate of drug-likeness (QED) is 0.432. The zero-order valence-corrected chi connectivity index (χ0v) is 18.6. The predicted octanol–water partition coefficient (Wildman–Crippen LogP) is 3.99. The van der Waals surface area contributed by atoms with E-state index in [4.69, 9.17) is 10.5 Å². The summed E-state index contributed by atoms with van der Waals surface area (Å²) in [6.45, 7) is 8.67. The summed E-state index contributed by atoms with van der Waals surface area (Å²) in [6, 6.07) is 15.0. The van der Waals surface area contributed by atoms with Crippen molar-refractivity contribution in [3.63, 3.8) is 0 Å². The maximum absolute atomic E-state index is 6.34. The Labute approximate surface area is 188 Å². The van der Waals surface area contributed by atoms with Gasteiger partial charge >= 0.3 is 0 Å². The second-order valence-electron chi connectivity index (χ2n) is 8.22. The molecule has 1 fully saturated rings. The lowest BCUT2D eigenvalue weighted by molar-refractivity contribution is 0.0378. The molecule has 0 spiro atoms. The van der Waals surface area contributed by atoms with Crippen LogP contribution in [0.3, 0.4) is 0 Å². The fourth-order valence-corrected chi connectivity index (χ4v) is 4.59. The van der Waals surface area contributed by atoms with Gasteiger partial charge in [-0.05, 0) is 43.7 Å². The second-order valence-corrected chi connectivity index (χ2v) is 8.22. The van der Waals surface area contributed by atoms with Crippen molar-refractivity contribution in [2.45, 2.75) is 19.9 Å². The van der Waals surface area contributed by atoms with Crippen molar-refractivity contribution in [2.24, 2.45) is 0 Å². The normalized spacial score (nSPS) is 14.9. The molecule has 3 heterocycles. The Morgan fingerprint density at radius 3 is 2.69 bits per heavy atom. The molecule has 0 atom stereocenters. The van der Waals surface area contributed by atoms with Crippen LogP contribution >= 0.6 is 0 Å². The molecular weight excluding hydrogens is 400 g/mol. The van der Waals surface area contributed by atoms with Crippen LogP contribution in [0.1, 0.15) is 13.3 Å². The first-order chi connectivity index (χ1) is 15.7. The molecule has 5 rings (SSSR count). The molecule has 7 nitrogen and oxygen atoms in total. The van der Waals surface area contributed by atoms with Gasteiger partial charge in [0.1, 0.15) is 5.82 Å². The van der Waals surface area contributed by atoms with Crippen molar-refractivity contribution in [1.82, 2.24) is 19.4 Å². The largest absolute Gasteiger partial charge is 0.383 e. The Balaban J connectivity index is 1.33. The summed E-state index contributed by atoms with van der Waals surface area (Å²) in [6.07, 6.45) is 2.86. The van der Waals surface area contributed by atoms with Gasteiger partial charge in [-0.25, -0.2) is 4.98 Å². The van der Waals surface area contributed by atoms with Gasteiger partial charge in [-0.1, -0.05) is 24.3 Å². The van der Waals surface area contributed by atoms with E-state index in [1.807, 2.05) is 6.20 Å². The predicted molar refractivity (Wildman–Crippen MR) is 131 cm³/mol. The molecule has 0 saturated carbocycles. The number of nitrogens with zero attached hydrogens (tertiary/aromatic N) is 4. The van der Waals surface area contributed by atoms with Gasteiger partial charge in [0.25, 0.3) is 0 Å². The number of ether oxygens (including phenoxy) is 1. The Hall–Kier alpha value is -3.16. The SMILES string of the molecule is CCn1c2ccccc2c2cc(-c3cnc(NCCCN4CCOCC4)nc3N)ccc21. The molecule has 3 N–H and O–H groups in total. The molecule has 0 bridgehead atoms. The number of fused-ring (bicyclic) bond motifs is 3. The lowest BCUT2D eigenvalue weighted by Crippen LogP contribution is -2.37. The standard InChI is InChI=1S/C25H30N6O/c1-2-31-22-7-4-3-6-19(22)20-16-18(8-9-23(20)31)21-17-28-25(29-24(21)26)27-10-5-11-30-12-14-32-15-13-30/h3-4,6-9,16-17H,2,5,10-15H2,1H3,(H3,26,27,28,29). The number of anilines is 2. The number of nitrogens with one attached hydrogen (secondary N) is 1. The fourth-order valence-electron chi connectivity index (χ4n) is 4.59. The van der Waals surface area contributed by atoms with Gasteiger partial charge < -0.3 is 20.4 Å². The van der Waals surface area contributed by atoms with Crippen molar-refractivity contribution >= 4 is 33.6 Å². The molecule has 0 aliphatic carbocycles. The number of benzene rings is 2. The number of nitrogens with two attached hydrogens (primary N) is 1. The molecule has 7 heteroatoms. The van der Waals surface area contributed by atoms with E-state index in [1.54, 1.807) is 0 Å². The molecule has 2 aromatic heterocycles. The highest BCUT2D eigenvalue weighted by Crippen LogP contribution is 2.33. The highest BCUT2D eigenvalue weighted by atomic mass is 16.5. The molecular formula is C25H30N6O. The van der Waals surface area contributed by atoms with E-state index in [1.165, 1.54) is 21.8 Å². The lowest BCUT2D eigenvalue weighted by Gasteiger charge is -2.26. The highest BCUT2D eigenvalue weighted by molar-refractivity contribution is 6.09. The van der Waals surface area contributed by atoms with Gasteiger partial charge in [0.05, 0.1) is 13.2 Å². The average molecular weight is 431 g/mol. The van der Waals surface area contributed by atoms with Crippen LogP contribution in [0.4, 0.5) is 11.8 Å². The summed E-state index contributed by atoms with van der Waals surface area (Å²) in [5, 5.41) is 5.79. The lowest BCUT2D eigenvalue weighted by atomic mass is 10.0. The van der Waals surface area contributed by atoms with Gasteiger partial charge in [-0.3, -0.25) is 4.90 Å². The Kier molecular flexibility index (Phi) is 5.92. The van der Waals surface area contributed by atoms with E-state index < -0.39 is 0 Å². The Morgan fingerprint density at radius 2 is 1.88 bits per heavy atom. The van der Waals surface area contributed by atoms with Crippen LogP contribution in [0.5, 0.6) is 0 Å². The summed E-state index contributed by atoms with van der Waals surface area (Å²) >= 11 is 0. The van der Waals surface area contributed by atoms with Crippen LogP contribution in [-0.2, 0) is 11.3 Å². The zero-order chi connectivity index (χ0) is 21.9.